The third-order valence-electron chi connectivity index (χ3n) is 6.05. The summed E-state index contributed by atoms with van der Waals surface area (Å²) >= 11 is 0. The first-order chi connectivity index (χ1) is 16.5. The van der Waals surface area contributed by atoms with Gasteiger partial charge in [0.1, 0.15) is 0 Å². The van der Waals surface area contributed by atoms with Crippen LogP contribution in [0.15, 0.2) is 53.1 Å². The van der Waals surface area contributed by atoms with E-state index in [2.05, 4.69) is 25.7 Å². The number of amides is 2. The lowest BCUT2D eigenvalue weighted by molar-refractivity contribution is -0.121. The second-order valence-corrected chi connectivity index (χ2v) is 8.69. The lowest BCUT2D eigenvalue weighted by atomic mass is 9.96. The van der Waals surface area contributed by atoms with Gasteiger partial charge in [-0.15, -0.1) is 0 Å². The number of carbonyl (C=O) groups is 2. The van der Waals surface area contributed by atoms with Crippen molar-refractivity contribution in [2.24, 2.45) is 5.92 Å². The Morgan fingerprint density at radius 3 is 2.76 bits per heavy atom. The Hall–Kier alpha value is -3.52. The summed E-state index contributed by atoms with van der Waals surface area (Å²) in [6.45, 7) is 6.57. The van der Waals surface area contributed by atoms with Crippen LogP contribution in [0.5, 0.6) is 0 Å². The number of nitrogens with zero attached hydrogens (tertiary/aromatic N) is 3. The minimum absolute atomic E-state index is 0.0773. The topological polar surface area (TPSA) is 100 Å². The Balaban J connectivity index is 1.38. The number of anilines is 1. The fraction of sp³-hybridized carbons (Fsp3) is 0.385. The highest BCUT2D eigenvalue weighted by Crippen LogP contribution is 2.24. The van der Waals surface area contributed by atoms with Gasteiger partial charge in [0.15, 0.2) is 0 Å². The van der Waals surface area contributed by atoms with Crippen LogP contribution >= 0.6 is 0 Å². The number of aromatic nitrogens is 2. The fourth-order valence-corrected chi connectivity index (χ4v) is 4.22. The molecule has 1 unspecified atom stereocenters. The molecule has 2 heterocycles. The van der Waals surface area contributed by atoms with E-state index in [-0.39, 0.29) is 17.7 Å². The number of nitrogens with one attached hydrogen (secondary N) is 2. The van der Waals surface area contributed by atoms with Crippen LogP contribution in [-0.4, -0.2) is 46.5 Å². The maximum Gasteiger partial charge on any atom is 0.253 e. The molecule has 2 amide bonds. The zero-order chi connectivity index (χ0) is 23.9. The molecule has 34 heavy (non-hydrogen) atoms. The largest absolute Gasteiger partial charge is 0.352 e. The number of piperidine rings is 1. The Morgan fingerprint density at radius 2 is 1.94 bits per heavy atom. The molecule has 0 radical (unpaired) electrons. The number of aryl methyl sites for hydroxylation is 1. The van der Waals surface area contributed by atoms with E-state index in [1.54, 1.807) is 18.2 Å². The van der Waals surface area contributed by atoms with E-state index < -0.39 is 0 Å². The van der Waals surface area contributed by atoms with Gasteiger partial charge in [0.05, 0.1) is 23.7 Å². The van der Waals surface area contributed by atoms with Crippen molar-refractivity contribution in [1.82, 2.24) is 20.4 Å². The summed E-state index contributed by atoms with van der Waals surface area (Å²) in [6.07, 6.45) is 2.55. The molecule has 178 valence electrons. The molecule has 0 aliphatic carbocycles. The predicted molar refractivity (Wildman–Crippen MR) is 130 cm³/mol. The summed E-state index contributed by atoms with van der Waals surface area (Å²) in [4.78, 5) is 32.3. The Bertz CT molecular complexity index is 1140. The summed E-state index contributed by atoms with van der Waals surface area (Å²) in [5.74, 6) is 0.685. The molecule has 8 nitrogen and oxygen atoms in total. The molecule has 1 fully saturated rings. The molecule has 0 spiro atoms. The molecule has 1 aliphatic rings. The molecule has 4 rings (SSSR count). The average Bonchev–Trinajstić information content (AvgIpc) is 3.31. The Morgan fingerprint density at radius 1 is 1.15 bits per heavy atom. The summed E-state index contributed by atoms with van der Waals surface area (Å²) in [7, 11) is 0. The average molecular weight is 462 g/mol. The van der Waals surface area contributed by atoms with Crippen molar-refractivity contribution >= 4 is 17.5 Å². The van der Waals surface area contributed by atoms with E-state index in [9.17, 15) is 9.59 Å². The standard InChI is InChI=1S/C26H31N5O3/c1-3-14-27-26(33)21-12-6-7-13-22(21)28-25(32)19-10-8-15-31(16-19)17-23-29-24(30-34-23)20-11-5-4-9-18(20)2/h4-7,9,11-13,19H,3,8,10,14-17H2,1-2H3,(H,27,33)(H,28,32). The summed E-state index contributed by atoms with van der Waals surface area (Å²) in [5, 5.41) is 9.99. The van der Waals surface area contributed by atoms with E-state index in [4.69, 9.17) is 4.52 Å². The molecule has 0 bridgehead atoms. The monoisotopic (exact) mass is 461 g/mol. The third-order valence-corrected chi connectivity index (χ3v) is 6.05. The minimum Gasteiger partial charge on any atom is -0.352 e. The van der Waals surface area contributed by atoms with Crippen LogP contribution in [0, 0.1) is 12.8 Å². The third kappa shape index (κ3) is 5.69. The zero-order valence-electron chi connectivity index (χ0n) is 19.7. The first-order valence-corrected chi connectivity index (χ1v) is 11.8. The molecular weight excluding hydrogens is 430 g/mol. The highest BCUT2D eigenvalue weighted by atomic mass is 16.5. The van der Waals surface area contributed by atoms with Crippen LogP contribution in [-0.2, 0) is 11.3 Å². The van der Waals surface area contributed by atoms with Crippen LogP contribution in [0.2, 0.25) is 0 Å². The summed E-state index contributed by atoms with van der Waals surface area (Å²) < 4.78 is 5.49. The lowest BCUT2D eigenvalue weighted by Gasteiger charge is -2.31. The number of likely N-dealkylation sites (tertiary alicyclic amines) is 1. The molecule has 1 aliphatic heterocycles. The molecule has 1 atom stereocenters. The highest BCUT2D eigenvalue weighted by molar-refractivity contribution is 6.04. The maximum absolute atomic E-state index is 13.1. The van der Waals surface area contributed by atoms with Gasteiger partial charge < -0.3 is 15.2 Å². The van der Waals surface area contributed by atoms with Crippen molar-refractivity contribution in [3.8, 4) is 11.4 Å². The molecule has 0 saturated carbocycles. The van der Waals surface area contributed by atoms with E-state index in [1.165, 1.54) is 0 Å². The van der Waals surface area contributed by atoms with Gasteiger partial charge in [-0.1, -0.05) is 48.5 Å². The molecule has 2 aromatic carbocycles. The van der Waals surface area contributed by atoms with Gasteiger partial charge >= 0.3 is 0 Å². The fourth-order valence-electron chi connectivity index (χ4n) is 4.22. The van der Waals surface area contributed by atoms with Crippen molar-refractivity contribution < 1.29 is 14.1 Å². The first kappa shape index (κ1) is 23.6. The molecule has 3 aromatic rings. The van der Waals surface area contributed by atoms with Gasteiger partial charge in [-0.25, -0.2) is 0 Å². The summed E-state index contributed by atoms with van der Waals surface area (Å²) in [5.41, 5.74) is 3.06. The lowest BCUT2D eigenvalue weighted by Crippen LogP contribution is -2.40. The molecule has 1 saturated heterocycles. The van der Waals surface area contributed by atoms with E-state index >= 15 is 0 Å². The number of benzene rings is 2. The minimum atomic E-state index is -0.181. The number of hydrogen-bond donors (Lipinski definition) is 2. The molecule has 8 heteroatoms. The van der Waals surface area contributed by atoms with Crippen LogP contribution in [0.25, 0.3) is 11.4 Å². The van der Waals surface area contributed by atoms with Crippen molar-refractivity contribution in [2.75, 3.05) is 25.0 Å². The second kappa shape index (κ2) is 11.1. The Kier molecular flexibility index (Phi) is 7.69. The number of rotatable bonds is 8. The maximum atomic E-state index is 13.1. The quantitative estimate of drug-likeness (QED) is 0.525. The van der Waals surface area contributed by atoms with Gasteiger partial charge in [-0.3, -0.25) is 14.5 Å². The highest BCUT2D eigenvalue weighted by Gasteiger charge is 2.28. The van der Waals surface area contributed by atoms with Crippen LogP contribution in [0.4, 0.5) is 5.69 Å². The smallest absolute Gasteiger partial charge is 0.253 e. The SMILES string of the molecule is CCCNC(=O)c1ccccc1NC(=O)C1CCCN(Cc2nc(-c3ccccc3C)no2)C1. The predicted octanol–water partition coefficient (Wildman–Crippen LogP) is 4.04. The van der Waals surface area contributed by atoms with Gasteiger partial charge in [0.2, 0.25) is 17.6 Å². The van der Waals surface area contributed by atoms with Crippen molar-refractivity contribution in [1.29, 1.82) is 0 Å². The van der Waals surface area contributed by atoms with Gasteiger partial charge in [-0.2, -0.15) is 4.98 Å². The van der Waals surface area contributed by atoms with E-state index in [1.807, 2.05) is 44.2 Å². The van der Waals surface area contributed by atoms with Crippen molar-refractivity contribution in [3.63, 3.8) is 0 Å². The van der Waals surface area contributed by atoms with Gasteiger partial charge in [-0.05, 0) is 50.4 Å². The van der Waals surface area contributed by atoms with Crippen molar-refractivity contribution in [3.05, 3.63) is 65.5 Å². The van der Waals surface area contributed by atoms with Gasteiger partial charge in [0.25, 0.3) is 5.91 Å². The number of carbonyl (C=O) groups excluding carboxylic acids is 2. The second-order valence-electron chi connectivity index (χ2n) is 8.69. The Labute approximate surface area is 199 Å². The van der Waals surface area contributed by atoms with Crippen LogP contribution < -0.4 is 10.6 Å². The molecule has 2 N–H and O–H groups in total. The van der Waals surface area contributed by atoms with E-state index in [0.29, 0.717) is 42.6 Å². The van der Waals surface area contributed by atoms with Crippen molar-refractivity contribution in [2.45, 2.75) is 39.7 Å². The molecule has 1 aromatic heterocycles. The van der Waals surface area contributed by atoms with Crippen LogP contribution in [0.1, 0.15) is 48.0 Å². The first-order valence-electron chi connectivity index (χ1n) is 11.8. The number of hydrogen-bond acceptors (Lipinski definition) is 6. The number of para-hydroxylation sites is 1. The zero-order valence-corrected chi connectivity index (χ0v) is 19.7. The van der Waals surface area contributed by atoms with Gasteiger partial charge in [0, 0.05) is 18.7 Å². The normalized spacial score (nSPS) is 16.2. The summed E-state index contributed by atoms with van der Waals surface area (Å²) in [6, 6.07) is 15.1. The van der Waals surface area contributed by atoms with E-state index in [0.717, 1.165) is 36.9 Å². The molecular formula is C26H31N5O3. The van der Waals surface area contributed by atoms with Crippen LogP contribution in [0.3, 0.4) is 0 Å².